The van der Waals surface area contributed by atoms with Crippen LogP contribution in [-0.4, -0.2) is 29.6 Å². The Morgan fingerprint density at radius 2 is 1.85 bits per heavy atom. The molecule has 2 N–H and O–H groups in total. The van der Waals surface area contributed by atoms with Crippen molar-refractivity contribution >= 4 is 11.9 Å². The third kappa shape index (κ3) is 4.91. The molecular formula is C15H21NO4. The molecule has 0 heterocycles. The number of carboxylic acids is 1. The van der Waals surface area contributed by atoms with E-state index in [-0.39, 0.29) is 12.5 Å². The summed E-state index contributed by atoms with van der Waals surface area (Å²) in [5.41, 5.74) is 1.19. The van der Waals surface area contributed by atoms with E-state index in [1.807, 2.05) is 12.1 Å². The molecule has 1 atom stereocenters. The van der Waals surface area contributed by atoms with E-state index >= 15 is 0 Å². The Kier molecular flexibility index (Phi) is 6.03. The number of benzene rings is 1. The molecule has 110 valence electrons. The number of aliphatic carboxylic acids is 1. The zero-order chi connectivity index (χ0) is 15.1. The van der Waals surface area contributed by atoms with Gasteiger partial charge in [0.1, 0.15) is 11.8 Å². The normalized spacial score (nSPS) is 12.0. The molecular weight excluding hydrogens is 258 g/mol. The Morgan fingerprint density at radius 1 is 1.25 bits per heavy atom. The average molecular weight is 279 g/mol. The first-order valence-electron chi connectivity index (χ1n) is 6.68. The number of aryl methyl sites for hydroxylation is 1. The highest BCUT2D eigenvalue weighted by Crippen LogP contribution is 2.12. The second-order valence-electron chi connectivity index (χ2n) is 4.91. The van der Waals surface area contributed by atoms with Gasteiger partial charge in [-0.3, -0.25) is 4.79 Å². The van der Waals surface area contributed by atoms with Gasteiger partial charge in [-0.05, 0) is 30.0 Å². The van der Waals surface area contributed by atoms with Crippen molar-refractivity contribution in [2.24, 2.45) is 5.92 Å². The van der Waals surface area contributed by atoms with Crippen molar-refractivity contribution in [2.75, 3.05) is 6.61 Å². The van der Waals surface area contributed by atoms with Gasteiger partial charge in [0.05, 0.1) is 0 Å². The first-order valence-corrected chi connectivity index (χ1v) is 6.68. The van der Waals surface area contributed by atoms with Gasteiger partial charge in [0.15, 0.2) is 6.61 Å². The number of carbonyl (C=O) groups excluding carboxylic acids is 1. The van der Waals surface area contributed by atoms with E-state index in [4.69, 9.17) is 9.84 Å². The van der Waals surface area contributed by atoms with Gasteiger partial charge in [-0.2, -0.15) is 0 Å². The monoisotopic (exact) mass is 279 g/mol. The van der Waals surface area contributed by atoms with Gasteiger partial charge in [0, 0.05) is 0 Å². The largest absolute Gasteiger partial charge is 0.484 e. The van der Waals surface area contributed by atoms with Crippen molar-refractivity contribution in [2.45, 2.75) is 33.2 Å². The first-order chi connectivity index (χ1) is 9.43. The van der Waals surface area contributed by atoms with Crippen LogP contribution in [-0.2, 0) is 16.0 Å². The maximum atomic E-state index is 11.7. The number of hydrogen-bond acceptors (Lipinski definition) is 3. The molecule has 0 aliphatic heterocycles. The molecule has 0 aliphatic carbocycles. The third-order valence-electron chi connectivity index (χ3n) is 2.95. The lowest BCUT2D eigenvalue weighted by molar-refractivity contribution is -0.143. The van der Waals surface area contributed by atoms with Crippen LogP contribution in [0.2, 0.25) is 0 Å². The summed E-state index contributed by atoms with van der Waals surface area (Å²) in [6.07, 6.45) is 0.940. The quantitative estimate of drug-likeness (QED) is 0.798. The maximum Gasteiger partial charge on any atom is 0.326 e. The molecule has 1 aromatic carbocycles. The van der Waals surface area contributed by atoms with Crippen molar-refractivity contribution in [3.05, 3.63) is 29.8 Å². The Labute approximate surface area is 118 Å². The molecule has 1 amide bonds. The molecule has 0 fully saturated rings. The second-order valence-corrected chi connectivity index (χ2v) is 4.91. The molecule has 20 heavy (non-hydrogen) atoms. The van der Waals surface area contributed by atoms with Crippen molar-refractivity contribution in [1.29, 1.82) is 0 Å². The molecule has 0 unspecified atom stereocenters. The second kappa shape index (κ2) is 7.53. The summed E-state index contributed by atoms with van der Waals surface area (Å²) in [4.78, 5) is 22.6. The predicted octanol–water partition coefficient (Wildman–Crippen LogP) is 1.85. The van der Waals surface area contributed by atoms with Crippen LogP contribution in [0.15, 0.2) is 24.3 Å². The van der Waals surface area contributed by atoms with Gasteiger partial charge in [0.2, 0.25) is 0 Å². The highest BCUT2D eigenvalue weighted by Gasteiger charge is 2.23. The minimum absolute atomic E-state index is 0.180. The summed E-state index contributed by atoms with van der Waals surface area (Å²) < 4.78 is 5.32. The minimum Gasteiger partial charge on any atom is -0.484 e. The molecule has 0 radical (unpaired) electrons. The van der Waals surface area contributed by atoms with Crippen LogP contribution in [0.25, 0.3) is 0 Å². The summed E-state index contributed by atoms with van der Waals surface area (Å²) in [7, 11) is 0. The highest BCUT2D eigenvalue weighted by atomic mass is 16.5. The first kappa shape index (κ1) is 16.0. The zero-order valence-electron chi connectivity index (χ0n) is 12.1. The molecule has 5 heteroatoms. The van der Waals surface area contributed by atoms with Crippen molar-refractivity contribution in [3.8, 4) is 5.75 Å². The molecule has 0 spiro atoms. The average Bonchev–Trinajstić information content (AvgIpc) is 2.42. The minimum atomic E-state index is -1.04. The predicted molar refractivity (Wildman–Crippen MR) is 75.7 cm³/mol. The fourth-order valence-electron chi connectivity index (χ4n) is 1.70. The maximum absolute atomic E-state index is 11.7. The van der Waals surface area contributed by atoms with Crippen molar-refractivity contribution < 1.29 is 19.4 Å². The number of hydrogen-bond donors (Lipinski definition) is 2. The number of carbonyl (C=O) groups is 2. The number of rotatable bonds is 7. The van der Waals surface area contributed by atoms with Crippen LogP contribution in [0, 0.1) is 5.92 Å². The molecule has 1 rings (SSSR count). The van der Waals surface area contributed by atoms with E-state index in [0.29, 0.717) is 5.75 Å². The molecule has 5 nitrogen and oxygen atoms in total. The van der Waals surface area contributed by atoms with Crippen LogP contribution in [0.4, 0.5) is 0 Å². The lowest BCUT2D eigenvalue weighted by atomic mass is 10.1. The van der Waals surface area contributed by atoms with Gasteiger partial charge in [-0.25, -0.2) is 4.79 Å². The Morgan fingerprint density at radius 3 is 2.30 bits per heavy atom. The zero-order valence-corrected chi connectivity index (χ0v) is 12.1. The smallest absolute Gasteiger partial charge is 0.326 e. The highest BCUT2D eigenvalue weighted by molar-refractivity contribution is 5.84. The van der Waals surface area contributed by atoms with Crippen LogP contribution in [0.3, 0.4) is 0 Å². The van der Waals surface area contributed by atoms with Crippen molar-refractivity contribution in [3.63, 3.8) is 0 Å². The Bertz CT molecular complexity index is 453. The van der Waals surface area contributed by atoms with Crippen LogP contribution >= 0.6 is 0 Å². The van der Waals surface area contributed by atoms with E-state index in [2.05, 4.69) is 12.2 Å². The van der Waals surface area contributed by atoms with Gasteiger partial charge >= 0.3 is 5.97 Å². The topological polar surface area (TPSA) is 75.6 Å². The van der Waals surface area contributed by atoms with E-state index < -0.39 is 17.9 Å². The molecule has 1 aromatic rings. The lowest BCUT2D eigenvalue weighted by Gasteiger charge is -2.18. The van der Waals surface area contributed by atoms with Crippen LogP contribution < -0.4 is 10.1 Å². The fraction of sp³-hybridized carbons (Fsp3) is 0.467. The lowest BCUT2D eigenvalue weighted by Crippen LogP contribution is -2.46. The van der Waals surface area contributed by atoms with E-state index in [1.54, 1.807) is 26.0 Å². The summed E-state index contributed by atoms with van der Waals surface area (Å²) in [5, 5.41) is 11.4. The summed E-state index contributed by atoms with van der Waals surface area (Å²) in [5.74, 6) is -1.07. The summed E-state index contributed by atoms with van der Waals surface area (Å²) in [6.45, 7) is 5.34. The molecule has 0 saturated carbocycles. The number of nitrogens with one attached hydrogen (secondary N) is 1. The van der Waals surface area contributed by atoms with Gasteiger partial charge in [0.25, 0.3) is 5.91 Å². The molecule has 0 bridgehead atoms. The summed E-state index contributed by atoms with van der Waals surface area (Å²) >= 11 is 0. The third-order valence-corrected chi connectivity index (χ3v) is 2.95. The Hall–Kier alpha value is -2.04. The standard InChI is InChI=1S/C15H21NO4/c1-4-11-5-7-12(8-6-11)20-9-13(17)16-14(10(2)3)15(18)19/h5-8,10,14H,4,9H2,1-3H3,(H,16,17)(H,18,19)/t14-/m0/s1. The van der Waals surface area contributed by atoms with Crippen LogP contribution in [0.5, 0.6) is 5.75 Å². The Balaban J connectivity index is 2.47. The molecule has 0 saturated heterocycles. The molecule has 0 aromatic heterocycles. The number of carboxylic acid groups (broad SMARTS) is 1. The number of amides is 1. The van der Waals surface area contributed by atoms with Gasteiger partial charge in [-0.15, -0.1) is 0 Å². The van der Waals surface area contributed by atoms with E-state index in [0.717, 1.165) is 6.42 Å². The summed E-state index contributed by atoms with van der Waals surface area (Å²) in [6, 6.07) is 6.56. The SMILES string of the molecule is CCc1ccc(OCC(=O)N[C@H](C(=O)O)C(C)C)cc1. The van der Waals surface area contributed by atoms with Crippen molar-refractivity contribution in [1.82, 2.24) is 5.32 Å². The van der Waals surface area contributed by atoms with Crippen LogP contribution in [0.1, 0.15) is 26.3 Å². The van der Waals surface area contributed by atoms with Gasteiger partial charge in [-0.1, -0.05) is 32.9 Å². The van der Waals surface area contributed by atoms with Gasteiger partial charge < -0.3 is 15.2 Å². The fourth-order valence-corrected chi connectivity index (χ4v) is 1.70. The molecule has 0 aliphatic rings. The number of ether oxygens (including phenoxy) is 1. The van der Waals surface area contributed by atoms with E-state index in [1.165, 1.54) is 5.56 Å². The van der Waals surface area contributed by atoms with E-state index in [9.17, 15) is 9.59 Å².